The molecule has 2 N–H and O–H groups in total. The highest BCUT2D eigenvalue weighted by Crippen LogP contribution is 2.34. The number of nitrogen functional groups attached to an aromatic ring is 1. The van der Waals surface area contributed by atoms with Gasteiger partial charge >= 0.3 is 6.18 Å². The Morgan fingerprint density at radius 1 is 1.45 bits per heavy atom. The molecule has 110 valence electrons. The number of amides is 1. The zero-order valence-corrected chi connectivity index (χ0v) is 11.7. The average Bonchev–Trinajstić information content (AvgIpc) is 2.37. The van der Waals surface area contributed by atoms with Crippen molar-refractivity contribution in [3.63, 3.8) is 0 Å². The number of thioether (sulfide) groups is 1. The molecule has 1 unspecified atom stereocenters. The van der Waals surface area contributed by atoms with Gasteiger partial charge in [0.2, 0.25) is 0 Å². The van der Waals surface area contributed by atoms with E-state index in [0.29, 0.717) is 18.3 Å². The van der Waals surface area contributed by atoms with Gasteiger partial charge in [0.15, 0.2) is 0 Å². The molecule has 0 aromatic heterocycles. The van der Waals surface area contributed by atoms with E-state index in [1.807, 2.05) is 6.92 Å². The van der Waals surface area contributed by atoms with E-state index in [-0.39, 0.29) is 17.2 Å². The van der Waals surface area contributed by atoms with Crippen LogP contribution in [0.2, 0.25) is 0 Å². The van der Waals surface area contributed by atoms with E-state index in [9.17, 15) is 18.0 Å². The van der Waals surface area contributed by atoms with E-state index in [0.717, 1.165) is 17.9 Å². The topological polar surface area (TPSA) is 46.3 Å². The summed E-state index contributed by atoms with van der Waals surface area (Å²) >= 11 is 1.75. The Bertz CT molecular complexity index is 519. The van der Waals surface area contributed by atoms with Crippen molar-refractivity contribution in [3.05, 3.63) is 29.3 Å². The summed E-state index contributed by atoms with van der Waals surface area (Å²) in [6.07, 6.45) is -4.55. The van der Waals surface area contributed by atoms with Crippen molar-refractivity contribution >= 4 is 23.4 Å². The first kappa shape index (κ1) is 15.0. The molecular formula is C13H15F3N2OS. The lowest BCUT2D eigenvalue weighted by atomic mass is 10.1. The van der Waals surface area contributed by atoms with Gasteiger partial charge in [0.25, 0.3) is 5.91 Å². The fourth-order valence-electron chi connectivity index (χ4n) is 2.12. The van der Waals surface area contributed by atoms with E-state index in [1.165, 1.54) is 6.07 Å². The van der Waals surface area contributed by atoms with Crippen LogP contribution in [0.4, 0.5) is 18.9 Å². The summed E-state index contributed by atoms with van der Waals surface area (Å²) in [5.41, 5.74) is 4.04. The summed E-state index contributed by atoms with van der Waals surface area (Å²) in [7, 11) is 0. The second kappa shape index (κ2) is 5.55. The molecule has 0 spiro atoms. The molecular weight excluding hydrogens is 289 g/mol. The fourth-order valence-corrected chi connectivity index (χ4v) is 3.13. The van der Waals surface area contributed by atoms with E-state index in [2.05, 4.69) is 0 Å². The first-order valence-electron chi connectivity index (χ1n) is 6.16. The van der Waals surface area contributed by atoms with E-state index >= 15 is 0 Å². The Kier molecular flexibility index (Phi) is 4.17. The third-order valence-corrected chi connectivity index (χ3v) is 4.27. The lowest BCUT2D eigenvalue weighted by molar-refractivity contribution is -0.136. The summed E-state index contributed by atoms with van der Waals surface area (Å²) in [5, 5.41) is 0.295. The molecule has 0 bridgehead atoms. The number of benzene rings is 1. The molecule has 1 saturated heterocycles. The van der Waals surface area contributed by atoms with Crippen LogP contribution in [-0.2, 0) is 6.18 Å². The molecule has 1 amide bonds. The van der Waals surface area contributed by atoms with Crippen LogP contribution in [0.1, 0.15) is 22.8 Å². The van der Waals surface area contributed by atoms with Gasteiger partial charge in [-0.3, -0.25) is 4.79 Å². The number of rotatable bonds is 1. The minimum atomic E-state index is -4.55. The maximum atomic E-state index is 12.8. The number of hydrogen-bond acceptors (Lipinski definition) is 3. The number of nitrogens with two attached hydrogens (primary N) is 1. The van der Waals surface area contributed by atoms with Crippen LogP contribution in [0.25, 0.3) is 0 Å². The highest BCUT2D eigenvalue weighted by Gasteiger charge is 2.34. The van der Waals surface area contributed by atoms with Crippen LogP contribution in [0.5, 0.6) is 0 Å². The molecule has 1 heterocycles. The van der Waals surface area contributed by atoms with Crippen molar-refractivity contribution in [1.82, 2.24) is 4.90 Å². The highest BCUT2D eigenvalue weighted by molar-refractivity contribution is 7.99. The van der Waals surface area contributed by atoms with Crippen LogP contribution < -0.4 is 5.73 Å². The van der Waals surface area contributed by atoms with Crippen molar-refractivity contribution in [3.8, 4) is 0 Å². The number of alkyl halides is 3. The monoisotopic (exact) mass is 304 g/mol. The molecule has 1 aromatic carbocycles. The first-order valence-corrected chi connectivity index (χ1v) is 7.21. The molecule has 0 radical (unpaired) electrons. The van der Waals surface area contributed by atoms with Crippen LogP contribution in [0.3, 0.4) is 0 Å². The predicted molar refractivity (Wildman–Crippen MR) is 73.7 cm³/mol. The Labute approximate surface area is 119 Å². The Hall–Kier alpha value is -1.37. The summed E-state index contributed by atoms with van der Waals surface area (Å²) in [4.78, 5) is 13.8. The van der Waals surface area contributed by atoms with Gasteiger partial charge in [0, 0.05) is 35.3 Å². The van der Waals surface area contributed by atoms with E-state index in [1.54, 1.807) is 16.7 Å². The lowest BCUT2D eigenvalue weighted by Crippen LogP contribution is -2.41. The second-order valence-electron chi connectivity index (χ2n) is 4.73. The fraction of sp³-hybridized carbons (Fsp3) is 0.462. The molecule has 1 aromatic rings. The van der Waals surface area contributed by atoms with Crippen molar-refractivity contribution in [1.29, 1.82) is 0 Å². The molecule has 2 rings (SSSR count). The minimum Gasteiger partial charge on any atom is -0.398 e. The summed E-state index contributed by atoms with van der Waals surface area (Å²) in [5.74, 6) is 0.427. The highest BCUT2D eigenvalue weighted by atomic mass is 32.2. The number of carbonyl (C=O) groups is 1. The number of nitrogens with zero attached hydrogens (tertiary/aromatic N) is 1. The molecule has 1 aliphatic rings. The van der Waals surface area contributed by atoms with Gasteiger partial charge < -0.3 is 10.6 Å². The smallest absolute Gasteiger partial charge is 0.398 e. The molecule has 1 fully saturated rings. The van der Waals surface area contributed by atoms with Gasteiger partial charge in [-0.15, -0.1) is 0 Å². The van der Waals surface area contributed by atoms with Gasteiger partial charge in [-0.05, 0) is 18.2 Å². The van der Waals surface area contributed by atoms with E-state index < -0.39 is 11.7 Å². The Morgan fingerprint density at radius 3 is 2.75 bits per heavy atom. The molecule has 3 nitrogen and oxygen atoms in total. The predicted octanol–water partition coefficient (Wildman–Crippen LogP) is 2.87. The van der Waals surface area contributed by atoms with Crippen LogP contribution >= 0.6 is 11.8 Å². The molecule has 7 heteroatoms. The minimum absolute atomic E-state index is 0.0330. The van der Waals surface area contributed by atoms with Crippen LogP contribution in [-0.4, -0.2) is 34.9 Å². The first-order chi connectivity index (χ1) is 9.29. The average molecular weight is 304 g/mol. The van der Waals surface area contributed by atoms with Crippen molar-refractivity contribution in [2.24, 2.45) is 0 Å². The zero-order chi connectivity index (χ0) is 14.9. The van der Waals surface area contributed by atoms with Crippen molar-refractivity contribution in [2.75, 3.05) is 24.6 Å². The lowest BCUT2D eigenvalue weighted by Gasteiger charge is -2.30. The summed E-state index contributed by atoms with van der Waals surface area (Å²) in [6, 6.07) is 3.32. The summed E-state index contributed by atoms with van der Waals surface area (Å²) in [6.45, 7) is 3.10. The van der Waals surface area contributed by atoms with Gasteiger partial charge in [-0.25, -0.2) is 0 Å². The SMILES string of the molecule is CC1CN(C(=O)c2ccc(N)c(C(F)(F)F)c2)CCS1. The van der Waals surface area contributed by atoms with Crippen molar-refractivity contribution in [2.45, 2.75) is 18.3 Å². The largest absolute Gasteiger partial charge is 0.418 e. The number of halogens is 3. The number of hydrogen-bond donors (Lipinski definition) is 1. The quantitative estimate of drug-likeness (QED) is 0.812. The van der Waals surface area contributed by atoms with Crippen LogP contribution in [0, 0.1) is 0 Å². The zero-order valence-electron chi connectivity index (χ0n) is 10.9. The molecule has 0 aliphatic carbocycles. The Balaban J connectivity index is 2.26. The second-order valence-corrected chi connectivity index (χ2v) is 6.28. The Morgan fingerprint density at radius 2 is 2.15 bits per heavy atom. The van der Waals surface area contributed by atoms with E-state index in [4.69, 9.17) is 5.73 Å². The number of anilines is 1. The van der Waals surface area contributed by atoms with Gasteiger partial charge in [0.05, 0.1) is 5.56 Å². The number of carbonyl (C=O) groups excluding carboxylic acids is 1. The molecule has 0 saturated carbocycles. The maximum absolute atomic E-state index is 12.8. The normalized spacial score (nSPS) is 20.0. The van der Waals surface area contributed by atoms with Crippen LogP contribution in [0.15, 0.2) is 18.2 Å². The van der Waals surface area contributed by atoms with Gasteiger partial charge in [-0.2, -0.15) is 24.9 Å². The van der Waals surface area contributed by atoms with Gasteiger partial charge in [0.1, 0.15) is 0 Å². The van der Waals surface area contributed by atoms with Crippen molar-refractivity contribution < 1.29 is 18.0 Å². The maximum Gasteiger partial charge on any atom is 0.418 e. The van der Waals surface area contributed by atoms with Gasteiger partial charge in [-0.1, -0.05) is 6.92 Å². The standard InChI is InChI=1S/C13H15F3N2OS/c1-8-7-18(4-5-20-8)12(19)9-2-3-11(17)10(6-9)13(14,15)16/h2-3,6,8H,4-5,7,17H2,1H3. The molecule has 1 atom stereocenters. The summed E-state index contributed by atoms with van der Waals surface area (Å²) < 4.78 is 38.4. The molecule has 20 heavy (non-hydrogen) atoms. The molecule has 1 aliphatic heterocycles. The third-order valence-electron chi connectivity index (χ3n) is 3.13. The third kappa shape index (κ3) is 3.20.